The summed E-state index contributed by atoms with van der Waals surface area (Å²) < 4.78 is 5.65. The van der Waals surface area contributed by atoms with E-state index in [0.29, 0.717) is 19.4 Å². The highest BCUT2D eigenvalue weighted by atomic mass is 35.5. The molecule has 1 amide bonds. The van der Waals surface area contributed by atoms with Crippen LogP contribution in [-0.2, 0) is 11.2 Å². The number of nitrogens with two attached hydrogens (primary N) is 1. The second-order valence-corrected chi connectivity index (χ2v) is 5.48. The molecule has 5 heteroatoms. The molecule has 0 aliphatic carbocycles. The van der Waals surface area contributed by atoms with E-state index >= 15 is 0 Å². The molecule has 0 heterocycles. The second kappa shape index (κ2) is 10.6. The van der Waals surface area contributed by atoms with Crippen molar-refractivity contribution < 1.29 is 9.53 Å². The number of nitrogens with one attached hydrogen (secondary N) is 1. The normalized spacial score (nSPS) is 9.88. The van der Waals surface area contributed by atoms with E-state index in [-0.39, 0.29) is 18.3 Å². The minimum Gasteiger partial charge on any atom is -0.494 e. The van der Waals surface area contributed by atoms with Gasteiger partial charge >= 0.3 is 0 Å². The summed E-state index contributed by atoms with van der Waals surface area (Å²) in [6, 6.07) is 15.1. The predicted octanol–water partition coefficient (Wildman–Crippen LogP) is 4.44. The van der Waals surface area contributed by atoms with Crippen LogP contribution in [0.1, 0.15) is 31.7 Å². The Morgan fingerprint density at radius 1 is 1.17 bits per heavy atom. The molecule has 0 atom stereocenters. The maximum Gasteiger partial charge on any atom is 0.224 e. The van der Waals surface area contributed by atoms with Crippen molar-refractivity contribution in [3.05, 3.63) is 54.1 Å². The molecule has 0 aliphatic rings. The largest absolute Gasteiger partial charge is 0.494 e. The zero-order valence-electron chi connectivity index (χ0n) is 14.0. The van der Waals surface area contributed by atoms with Crippen LogP contribution in [0, 0.1) is 0 Å². The number of amides is 1. The molecular formula is C19H25ClN2O2. The first-order valence-corrected chi connectivity index (χ1v) is 8.05. The zero-order valence-corrected chi connectivity index (χ0v) is 14.8. The summed E-state index contributed by atoms with van der Waals surface area (Å²) in [7, 11) is 0. The fourth-order valence-corrected chi connectivity index (χ4v) is 2.23. The van der Waals surface area contributed by atoms with E-state index in [1.54, 1.807) is 0 Å². The molecule has 2 aromatic carbocycles. The van der Waals surface area contributed by atoms with Gasteiger partial charge in [-0.1, -0.05) is 37.6 Å². The molecule has 0 unspecified atom stereocenters. The number of unbranched alkanes of at least 4 members (excludes halogenated alkanes) is 1. The van der Waals surface area contributed by atoms with Gasteiger partial charge in [0.1, 0.15) is 5.75 Å². The van der Waals surface area contributed by atoms with E-state index in [0.717, 1.165) is 35.5 Å². The minimum atomic E-state index is -0.0287. The summed E-state index contributed by atoms with van der Waals surface area (Å²) >= 11 is 0. The van der Waals surface area contributed by atoms with Gasteiger partial charge in [-0.05, 0) is 36.6 Å². The van der Waals surface area contributed by atoms with Crippen molar-refractivity contribution in [3.63, 3.8) is 0 Å². The van der Waals surface area contributed by atoms with Crippen LogP contribution < -0.4 is 15.8 Å². The first kappa shape index (κ1) is 19.8. The highest BCUT2D eigenvalue weighted by molar-refractivity contribution is 5.91. The van der Waals surface area contributed by atoms with Crippen molar-refractivity contribution in [2.75, 3.05) is 17.7 Å². The van der Waals surface area contributed by atoms with Crippen LogP contribution in [0.25, 0.3) is 0 Å². The SMILES string of the molecule is CCCCOc1cccc(NC(=O)CCc2ccccc2N)c1.Cl. The number of para-hydroxylation sites is 1. The van der Waals surface area contributed by atoms with Crippen molar-refractivity contribution in [2.45, 2.75) is 32.6 Å². The number of aryl methyl sites for hydroxylation is 1. The number of nitrogen functional groups attached to an aromatic ring is 1. The number of hydrogen-bond acceptors (Lipinski definition) is 3. The third kappa shape index (κ3) is 6.50. The fraction of sp³-hybridized carbons (Fsp3) is 0.316. The number of anilines is 2. The molecule has 2 aromatic rings. The van der Waals surface area contributed by atoms with Crippen molar-refractivity contribution in [1.29, 1.82) is 0 Å². The molecule has 4 nitrogen and oxygen atoms in total. The van der Waals surface area contributed by atoms with Crippen LogP contribution in [-0.4, -0.2) is 12.5 Å². The highest BCUT2D eigenvalue weighted by Gasteiger charge is 2.06. The maximum absolute atomic E-state index is 12.1. The molecule has 0 spiro atoms. The lowest BCUT2D eigenvalue weighted by atomic mass is 10.1. The van der Waals surface area contributed by atoms with Crippen LogP contribution in [0.15, 0.2) is 48.5 Å². The van der Waals surface area contributed by atoms with Crippen LogP contribution in [0.2, 0.25) is 0 Å². The van der Waals surface area contributed by atoms with Crippen molar-refractivity contribution in [2.24, 2.45) is 0 Å². The van der Waals surface area contributed by atoms with Crippen LogP contribution >= 0.6 is 12.4 Å². The van der Waals surface area contributed by atoms with Gasteiger partial charge < -0.3 is 15.8 Å². The van der Waals surface area contributed by atoms with Gasteiger partial charge in [0.05, 0.1) is 6.61 Å². The van der Waals surface area contributed by atoms with E-state index in [2.05, 4.69) is 12.2 Å². The van der Waals surface area contributed by atoms with Crippen LogP contribution in [0.4, 0.5) is 11.4 Å². The molecule has 0 aliphatic heterocycles. The first-order chi connectivity index (χ1) is 11.2. The molecule has 0 bridgehead atoms. The van der Waals surface area contributed by atoms with Gasteiger partial charge in [0, 0.05) is 23.9 Å². The fourth-order valence-electron chi connectivity index (χ4n) is 2.23. The molecule has 0 aromatic heterocycles. The Morgan fingerprint density at radius 3 is 2.71 bits per heavy atom. The summed E-state index contributed by atoms with van der Waals surface area (Å²) in [5.74, 6) is 0.752. The number of halogens is 1. The molecule has 3 N–H and O–H groups in total. The van der Waals surface area contributed by atoms with E-state index < -0.39 is 0 Å². The second-order valence-electron chi connectivity index (χ2n) is 5.48. The number of carbonyl (C=O) groups excluding carboxylic acids is 1. The lowest BCUT2D eigenvalue weighted by Crippen LogP contribution is -2.12. The molecule has 0 saturated carbocycles. The van der Waals surface area contributed by atoms with Crippen LogP contribution in [0.5, 0.6) is 5.75 Å². The quantitative estimate of drug-likeness (QED) is 0.547. The molecule has 24 heavy (non-hydrogen) atoms. The summed E-state index contributed by atoms with van der Waals surface area (Å²) in [6.07, 6.45) is 3.15. The number of hydrogen-bond donors (Lipinski definition) is 2. The topological polar surface area (TPSA) is 64.3 Å². The van der Waals surface area contributed by atoms with Gasteiger partial charge in [-0.25, -0.2) is 0 Å². The molecule has 0 saturated heterocycles. The third-order valence-electron chi connectivity index (χ3n) is 3.56. The molecule has 0 fully saturated rings. The molecule has 130 valence electrons. The lowest BCUT2D eigenvalue weighted by molar-refractivity contribution is -0.116. The minimum absolute atomic E-state index is 0. The zero-order chi connectivity index (χ0) is 16.5. The summed E-state index contributed by atoms with van der Waals surface area (Å²) in [6.45, 7) is 2.82. The monoisotopic (exact) mass is 348 g/mol. The number of rotatable bonds is 8. The Balaban J connectivity index is 0.00000288. The van der Waals surface area contributed by atoms with Gasteiger partial charge in [-0.3, -0.25) is 4.79 Å². The average Bonchev–Trinajstić information content (AvgIpc) is 2.55. The van der Waals surface area contributed by atoms with E-state index in [1.807, 2.05) is 48.5 Å². The van der Waals surface area contributed by atoms with E-state index in [4.69, 9.17) is 10.5 Å². The van der Waals surface area contributed by atoms with Crippen molar-refractivity contribution >= 4 is 29.7 Å². The van der Waals surface area contributed by atoms with Crippen LogP contribution in [0.3, 0.4) is 0 Å². The Hall–Kier alpha value is -2.20. The number of benzene rings is 2. The van der Waals surface area contributed by atoms with E-state index in [9.17, 15) is 4.79 Å². The van der Waals surface area contributed by atoms with E-state index in [1.165, 1.54) is 0 Å². The van der Waals surface area contributed by atoms with Gasteiger partial charge in [0.25, 0.3) is 0 Å². The number of ether oxygens (including phenoxy) is 1. The molecular weight excluding hydrogens is 324 g/mol. The average molecular weight is 349 g/mol. The first-order valence-electron chi connectivity index (χ1n) is 8.05. The van der Waals surface area contributed by atoms with Crippen molar-refractivity contribution in [3.8, 4) is 5.75 Å². The summed E-state index contributed by atoms with van der Waals surface area (Å²) in [5.41, 5.74) is 8.37. The van der Waals surface area contributed by atoms with Gasteiger partial charge in [0.2, 0.25) is 5.91 Å². The lowest BCUT2D eigenvalue weighted by Gasteiger charge is -2.09. The summed E-state index contributed by atoms with van der Waals surface area (Å²) in [5, 5.41) is 2.90. The predicted molar refractivity (Wildman–Crippen MR) is 102 cm³/mol. The Bertz CT molecular complexity index is 647. The smallest absolute Gasteiger partial charge is 0.224 e. The Labute approximate surface area is 149 Å². The van der Waals surface area contributed by atoms with Gasteiger partial charge in [-0.15, -0.1) is 12.4 Å². The van der Waals surface area contributed by atoms with Gasteiger partial charge in [-0.2, -0.15) is 0 Å². The third-order valence-corrected chi connectivity index (χ3v) is 3.56. The Morgan fingerprint density at radius 2 is 1.96 bits per heavy atom. The van der Waals surface area contributed by atoms with Crippen molar-refractivity contribution in [1.82, 2.24) is 0 Å². The number of carbonyl (C=O) groups is 1. The maximum atomic E-state index is 12.1. The molecule has 0 radical (unpaired) electrons. The Kier molecular flexibility index (Phi) is 8.72. The highest BCUT2D eigenvalue weighted by Crippen LogP contribution is 2.18. The summed E-state index contributed by atoms with van der Waals surface area (Å²) in [4.78, 5) is 12.1. The standard InChI is InChI=1S/C19H24N2O2.ClH/c1-2-3-13-23-17-9-6-8-16(14-17)21-19(22)12-11-15-7-4-5-10-18(15)20;/h4-10,14H,2-3,11-13,20H2,1H3,(H,21,22);1H. The van der Waals surface area contributed by atoms with Gasteiger partial charge in [0.15, 0.2) is 0 Å². The molecule has 2 rings (SSSR count).